The third kappa shape index (κ3) is 3.80. The molecule has 0 unspecified atom stereocenters. The smallest absolute Gasteiger partial charge is 0.341 e. The van der Waals surface area contributed by atoms with Crippen molar-refractivity contribution in [3.05, 3.63) is 69.9 Å². The highest BCUT2D eigenvalue weighted by atomic mass is 35.5. The van der Waals surface area contributed by atoms with Gasteiger partial charge in [-0.2, -0.15) is 5.10 Å². The molecule has 0 fully saturated rings. The molecule has 0 saturated carbocycles. The minimum absolute atomic E-state index is 0.207. The van der Waals surface area contributed by atoms with Crippen LogP contribution < -0.4 is 0 Å². The number of ether oxygens (including phenoxy) is 1. The molecule has 7 nitrogen and oxygen atoms in total. The van der Waals surface area contributed by atoms with Crippen LogP contribution in [0.25, 0.3) is 5.69 Å². The Bertz CT molecular complexity index is 1040. The van der Waals surface area contributed by atoms with Gasteiger partial charge in [0, 0.05) is 12.1 Å². The summed E-state index contributed by atoms with van der Waals surface area (Å²) in [4.78, 5) is 26.1. The zero-order chi connectivity index (χ0) is 20.4. The lowest BCUT2D eigenvalue weighted by Crippen LogP contribution is -2.26. The van der Waals surface area contributed by atoms with Crippen LogP contribution in [0.2, 0.25) is 5.02 Å². The summed E-state index contributed by atoms with van der Waals surface area (Å²) >= 11 is 6.05. The summed E-state index contributed by atoms with van der Waals surface area (Å²) in [6.45, 7) is 3.70. The molecule has 2 heterocycles. The van der Waals surface area contributed by atoms with Gasteiger partial charge in [0.25, 0.3) is 5.91 Å². The molecule has 0 atom stereocenters. The number of amides is 1. The summed E-state index contributed by atoms with van der Waals surface area (Å²) in [7, 11) is 2.97. The van der Waals surface area contributed by atoms with Gasteiger partial charge in [-0.1, -0.05) is 17.7 Å². The number of methoxy groups -OCH3 is 1. The number of carbonyl (C=O) groups is 2. The molecule has 146 valence electrons. The lowest BCUT2D eigenvalue weighted by molar-refractivity contribution is 0.0598. The van der Waals surface area contributed by atoms with Crippen LogP contribution in [-0.4, -0.2) is 40.7 Å². The first-order valence-electron chi connectivity index (χ1n) is 8.55. The third-order valence-electron chi connectivity index (χ3n) is 4.41. The van der Waals surface area contributed by atoms with Gasteiger partial charge in [0.1, 0.15) is 17.1 Å². The van der Waals surface area contributed by atoms with Crippen LogP contribution in [0, 0.1) is 13.8 Å². The van der Waals surface area contributed by atoms with E-state index < -0.39 is 5.97 Å². The molecule has 3 rings (SSSR count). The van der Waals surface area contributed by atoms with Gasteiger partial charge in [-0.05, 0) is 38.1 Å². The van der Waals surface area contributed by atoms with Crippen molar-refractivity contribution in [2.45, 2.75) is 20.4 Å². The number of hydrogen-bond acceptors (Lipinski definition) is 5. The lowest BCUT2D eigenvalue weighted by Gasteiger charge is -2.15. The summed E-state index contributed by atoms with van der Waals surface area (Å²) in [5.74, 6) is 0.265. The van der Waals surface area contributed by atoms with E-state index in [1.165, 1.54) is 18.2 Å². The first-order chi connectivity index (χ1) is 13.3. The van der Waals surface area contributed by atoms with E-state index in [9.17, 15) is 9.59 Å². The standard InChI is InChI=1S/C20H20ClN3O4/c1-12-18(10-22-24(12)15-7-5-6-14(21)8-15)19(25)23(3)11-16-9-17(13(2)28-16)20(26)27-4/h5-10H,11H2,1-4H3. The Morgan fingerprint density at radius 2 is 2.00 bits per heavy atom. The molecule has 0 aliphatic rings. The zero-order valence-corrected chi connectivity index (χ0v) is 16.8. The molecule has 2 aromatic heterocycles. The van der Waals surface area contributed by atoms with E-state index in [0.29, 0.717) is 33.4 Å². The van der Waals surface area contributed by atoms with Crippen LogP contribution in [0.4, 0.5) is 0 Å². The van der Waals surface area contributed by atoms with Crippen LogP contribution in [0.15, 0.2) is 40.9 Å². The van der Waals surface area contributed by atoms with E-state index >= 15 is 0 Å². The molecule has 0 spiro atoms. The van der Waals surface area contributed by atoms with Crippen molar-refractivity contribution < 1.29 is 18.7 Å². The molecule has 1 aromatic carbocycles. The second kappa shape index (κ2) is 7.90. The summed E-state index contributed by atoms with van der Waals surface area (Å²) in [6, 6.07) is 8.83. The van der Waals surface area contributed by atoms with E-state index in [1.807, 2.05) is 19.1 Å². The van der Waals surface area contributed by atoms with Gasteiger partial charge in [-0.15, -0.1) is 0 Å². The van der Waals surface area contributed by atoms with Gasteiger partial charge in [0.2, 0.25) is 0 Å². The number of halogens is 1. The molecule has 0 bridgehead atoms. The zero-order valence-electron chi connectivity index (χ0n) is 16.0. The van der Waals surface area contributed by atoms with Crippen molar-refractivity contribution in [3.63, 3.8) is 0 Å². The van der Waals surface area contributed by atoms with E-state index in [2.05, 4.69) is 5.10 Å². The number of hydrogen-bond donors (Lipinski definition) is 0. The van der Waals surface area contributed by atoms with E-state index in [0.717, 1.165) is 5.69 Å². The highest BCUT2D eigenvalue weighted by molar-refractivity contribution is 6.30. The van der Waals surface area contributed by atoms with Crippen molar-refractivity contribution in [1.29, 1.82) is 0 Å². The first-order valence-corrected chi connectivity index (χ1v) is 8.93. The van der Waals surface area contributed by atoms with Gasteiger partial charge >= 0.3 is 5.97 Å². The normalized spacial score (nSPS) is 10.8. The quantitative estimate of drug-likeness (QED) is 0.608. The highest BCUT2D eigenvalue weighted by Crippen LogP contribution is 2.21. The first kappa shape index (κ1) is 19.7. The maximum Gasteiger partial charge on any atom is 0.341 e. The monoisotopic (exact) mass is 401 g/mol. The van der Waals surface area contributed by atoms with E-state index in [1.54, 1.807) is 36.9 Å². The number of furan rings is 1. The Kier molecular flexibility index (Phi) is 5.56. The maximum atomic E-state index is 12.9. The second-order valence-electron chi connectivity index (χ2n) is 6.37. The molecular formula is C20H20ClN3O4. The Morgan fingerprint density at radius 3 is 2.68 bits per heavy atom. The minimum atomic E-state index is -0.472. The number of esters is 1. The predicted octanol–water partition coefficient (Wildman–Crippen LogP) is 3.79. The van der Waals surface area contributed by atoms with Gasteiger partial charge in [-0.3, -0.25) is 4.79 Å². The van der Waals surface area contributed by atoms with E-state index in [-0.39, 0.29) is 12.5 Å². The molecule has 0 radical (unpaired) electrons. The number of aromatic nitrogens is 2. The van der Waals surface area contributed by atoms with Crippen LogP contribution >= 0.6 is 11.6 Å². The molecule has 0 aliphatic heterocycles. The maximum absolute atomic E-state index is 12.9. The molecule has 28 heavy (non-hydrogen) atoms. The van der Waals surface area contributed by atoms with Crippen LogP contribution in [-0.2, 0) is 11.3 Å². The lowest BCUT2D eigenvalue weighted by atomic mass is 10.2. The fourth-order valence-electron chi connectivity index (χ4n) is 2.93. The number of carbonyl (C=O) groups excluding carboxylic acids is 2. The molecule has 0 aliphatic carbocycles. The third-order valence-corrected chi connectivity index (χ3v) is 4.64. The molecule has 0 saturated heterocycles. The van der Waals surface area contributed by atoms with Crippen LogP contribution in [0.1, 0.15) is 37.9 Å². The summed E-state index contributed by atoms with van der Waals surface area (Å²) in [5, 5.41) is 4.91. The Labute approximate surface area is 167 Å². The van der Waals surface area contributed by atoms with Crippen molar-refractivity contribution >= 4 is 23.5 Å². The van der Waals surface area contributed by atoms with Gasteiger partial charge < -0.3 is 14.1 Å². The molecule has 8 heteroatoms. The Hall–Kier alpha value is -3.06. The summed E-state index contributed by atoms with van der Waals surface area (Å²) in [5.41, 5.74) is 2.29. The van der Waals surface area contributed by atoms with E-state index in [4.69, 9.17) is 20.8 Å². The molecule has 3 aromatic rings. The molecule has 1 amide bonds. The average molecular weight is 402 g/mol. The molecule has 0 N–H and O–H groups in total. The Balaban J connectivity index is 1.80. The highest BCUT2D eigenvalue weighted by Gasteiger charge is 2.21. The second-order valence-corrected chi connectivity index (χ2v) is 6.81. The number of benzene rings is 1. The average Bonchev–Trinajstić information content (AvgIpc) is 3.22. The van der Waals surface area contributed by atoms with Gasteiger partial charge in [0.05, 0.1) is 36.8 Å². The van der Waals surface area contributed by atoms with Crippen LogP contribution in [0.3, 0.4) is 0 Å². The summed E-state index contributed by atoms with van der Waals surface area (Å²) < 4.78 is 12.0. The SMILES string of the molecule is COC(=O)c1cc(CN(C)C(=O)c2cnn(-c3cccc(Cl)c3)c2C)oc1C. The Morgan fingerprint density at radius 1 is 1.25 bits per heavy atom. The fourth-order valence-corrected chi connectivity index (χ4v) is 3.12. The topological polar surface area (TPSA) is 77.6 Å². The number of aryl methyl sites for hydroxylation is 1. The van der Waals surface area contributed by atoms with Crippen molar-refractivity contribution in [3.8, 4) is 5.69 Å². The van der Waals surface area contributed by atoms with Crippen LogP contribution in [0.5, 0.6) is 0 Å². The van der Waals surface area contributed by atoms with Crippen molar-refractivity contribution in [1.82, 2.24) is 14.7 Å². The number of rotatable bonds is 5. The van der Waals surface area contributed by atoms with Crippen molar-refractivity contribution in [2.24, 2.45) is 0 Å². The minimum Gasteiger partial charge on any atom is -0.465 e. The largest absolute Gasteiger partial charge is 0.465 e. The fraction of sp³-hybridized carbons (Fsp3) is 0.250. The van der Waals surface area contributed by atoms with Crippen molar-refractivity contribution in [2.75, 3.05) is 14.2 Å². The summed E-state index contributed by atoms with van der Waals surface area (Å²) in [6.07, 6.45) is 1.53. The number of nitrogens with zero attached hydrogens (tertiary/aromatic N) is 3. The molecular weight excluding hydrogens is 382 g/mol. The van der Waals surface area contributed by atoms with Gasteiger partial charge in [0.15, 0.2) is 0 Å². The predicted molar refractivity (Wildman–Crippen MR) is 104 cm³/mol. The van der Waals surface area contributed by atoms with Gasteiger partial charge in [-0.25, -0.2) is 9.48 Å².